The first-order valence-electron chi connectivity index (χ1n) is 11.2. The highest BCUT2D eigenvalue weighted by atomic mass is 32.1. The fourth-order valence-corrected chi connectivity index (χ4v) is 4.44. The van der Waals surface area contributed by atoms with E-state index in [1.54, 1.807) is 24.3 Å². The largest absolute Gasteiger partial charge is 0.456 e. The molecule has 8 nitrogen and oxygen atoms in total. The number of rotatable bonds is 6. The average Bonchev–Trinajstić information content (AvgIpc) is 3.63. The minimum absolute atomic E-state index is 0.0339. The molecule has 0 atom stereocenters. The third-order valence-corrected chi connectivity index (χ3v) is 6.54. The van der Waals surface area contributed by atoms with Gasteiger partial charge in [-0.2, -0.15) is 5.26 Å². The molecule has 0 spiro atoms. The lowest BCUT2D eigenvalue weighted by Gasteiger charge is -2.12. The monoisotopic (exact) mass is 501 g/mol. The molecule has 0 unspecified atom stereocenters. The number of aryl methyl sites for hydroxylation is 1. The van der Waals surface area contributed by atoms with E-state index in [2.05, 4.69) is 27.0 Å². The van der Waals surface area contributed by atoms with Crippen molar-refractivity contribution in [1.29, 1.82) is 5.26 Å². The van der Waals surface area contributed by atoms with Crippen molar-refractivity contribution in [3.63, 3.8) is 0 Å². The van der Waals surface area contributed by atoms with E-state index in [1.807, 2.05) is 19.1 Å². The summed E-state index contributed by atoms with van der Waals surface area (Å²) < 4.78 is 20.8. The van der Waals surface area contributed by atoms with Crippen molar-refractivity contribution in [2.24, 2.45) is 5.92 Å². The minimum Gasteiger partial charge on any atom is -0.456 e. The molecule has 3 amide bonds. The highest BCUT2D eigenvalue weighted by Gasteiger charge is 2.30. The van der Waals surface area contributed by atoms with Crippen LogP contribution in [0, 0.1) is 30.0 Å². The summed E-state index contributed by atoms with van der Waals surface area (Å²) in [6.45, 7) is 1.93. The van der Waals surface area contributed by atoms with Crippen LogP contribution in [0.3, 0.4) is 0 Å². The number of hydrogen-bond acceptors (Lipinski definition) is 6. The summed E-state index contributed by atoms with van der Waals surface area (Å²) in [5.41, 5.74) is 2.33. The zero-order valence-corrected chi connectivity index (χ0v) is 19.9. The molecule has 36 heavy (non-hydrogen) atoms. The molecular weight excluding hydrogens is 481 g/mol. The van der Waals surface area contributed by atoms with Crippen LogP contribution in [-0.2, 0) is 4.79 Å². The van der Waals surface area contributed by atoms with E-state index in [0.717, 1.165) is 18.4 Å². The molecule has 1 fully saturated rings. The molecule has 0 aliphatic heterocycles. The molecule has 3 aromatic carbocycles. The Kier molecular flexibility index (Phi) is 6.23. The number of carbonyl (C=O) groups is 2. The molecule has 180 valence electrons. The highest BCUT2D eigenvalue weighted by molar-refractivity contribution is 7.22. The lowest BCUT2D eigenvalue weighted by atomic mass is 10.2. The standard InChI is InChI=1S/C26H20FN5O3S/c1-14-2-6-16(7-3-14)29-25(34)30-21-12-17(8-9-19(21)27)35-22-11-10-20-23(18(22)13-28)36-26(31-20)32-24(33)15-4-5-15/h2-3,6-12,15H,4-5H2,1H3,(H2,29,30,34)(H,31,32,33). The van der Waals surface area contributed by atoms with Crippen LogP contribution in [0.2, 0.25) is 0 Å². The fraction of sp³-hybridized carbons (Fsp3) is 0.154. The molecule has 3 N–H and O–H groups in total. The van der Waals surface area contributed by atoms with E-state index >= 15 is 0 Å². The Hall–Kier alpha value is -4.49. The second-order valence-corrected chi connectivity index (χ2v) is 9.37. The molecule has 1 aliphatic rings. The number of halogens is 1. The van der Waals surface area contributed by atoms with Gasteiger partial charge in [0.2, 0.25) is 5.91 Å². The quantitative estimate of drug-likeness (QED) is 0.283. The molecule has 5 rings (SSSR count). The lowest BCUT2D eigenvalue weighted by molar-refractivity contribution is -0.117. The molecule has 0 saturated heterocycles. The van der Waals surface area contributed by atoms with Crippen molar-refractivity contribution in [3.8, 4) is 17.6 Å². The van der Waals surface area contributed by atoms with Gasteiger partial charge in [-0.25, -0.2) is 14.2 Å². The Morgan fingerprint density at radius 3 is 2.58 bits per heavy atom. The number of hydrogen-bond donors (Lipinski definition) is 3. The van der Waals surface area contributed by atoms with Gasteiger partial charge in [0, 0.05) is 17.7 Å². The van der Waals surface area contributed by atoms with Crippen molar-refractivity contribution in [2.75, 3.05) is 16.0 Å². The van der Waals surface area contributed by atoms with Crippen molar-refractivity contribution in [2.45, 2.75) is 19.8 Å². The van der Waals surface area contributed by atoms with Crippen LogP contribution < -0.4 is 20.7 Å². The molecule has 0 radical (unpaired) electrons. The third kappa shape index (κ3) is 5.11. The van der Waals surface area contributed by atoms with Crippen LogP contribution >= 0.6 is 11.3 Å². The molecule has 1 aromatic heterocycles. The first-order chi connectivity index (χ1) is 17.4. The Balaban J connectivity index is 1.34. The van der Waals surface area contributed by atoms with Crippen molar-refractivity contribution in [1.82, 2.24) is 4.98 Å². The Morgan fingerprint density at radius 1 is 1.08 bits per heavy atom. The van der Waals surface area contributed by atoms with Gasteiger partial charge in [0.1, 0.15) is 28.9 Å². The summed E-state index contributed by atoms with van der Waals surface area (Å²) in [7, 11) is 0. The zero-order chi connectivity index (χ0) is 25.2. The van der Waals surface area contributed by atoms with Gasteiger partial charge in [-0.05, 0) is 56.2 Å². The van der Waals surface area contributed by atoms with Crippen LogP contribution in [0.15, 0.2) is 54.6 Å². The molecule has 0 bridgehead atoms. The van der Waals surface area contributed by atoms with Crippen LogP contribution in [-0.4, -0.2) is 16.9 Å². The highest BCUT2D eigenvalue weighted by Crippen LogP contribution is 2.37. The van der Waals surface area contributed by atoms with Gasteiger partial charge < -0.3 is 20.7 Å². The van der Waals surface area contributed by atoms with Crippen LogP contribution in [0.1, 0.15) is 24.0 Å². The number of nitriles is 1. The van der Waals surface area contributed by atoms with Crippen molar-refractivity contribution in [3.05, 3.63) is 71.5 Å². The summed E-state index contributed by atoms with van der Waals surface area (Å²) in [5.74, 6) is -0.204. The molecule has 1 aliphatic carbocycles. The first kappa shape index (κ1) is 23.3. The molecular formula is C26H20FN5O3S. The van der Waals surface area contributed by atoms with E-state index in [9.17, 15) is 19.2 Å². The molecule has 1 heterocycles. The van der Waals surface area contributed by atoms with Crippen molar-refractivity contribution < 1.29 is 18.7 Å². The normalized spacial score (nSPS) is 12.6. The number of carbonyl (C=O) groups excluding carboxylic acids is 2. The molecule has 4 aromatic rings. The molecule has 10 heteroatoms. The van der Waals surface area contributed by atoms with Crippen LogP contribution in [0.5, 0.6) is 11.5 Å². The summed E-state index contributed by atoms with van der Waals surface area (Å²) in [6.07, 6.45) is 1.75. The number of anilines is 3. The van der Waals surface area contributed by atoms with Gasteiger partial charge >= 0.3 is 6.03 Å². The van der Waals surface area contributed by atoms with Gasteiger partial charge in [-0.15, -0.1) is 0 Å². The number of nitrogens with zero attached hydrogens (tertiary/aromatic N) is 2. The number of amides is 3. The average molecular weight is 502 g/mol. The Bertz CT molecular complexity index is 1520. The van der Waals surface area contributed by atoms with E-state index in [4.69, 9.17) is 4.74 Å². The maximum absolute atomic E-state index is 14.4. The number of thiazole rings is 1. The minimum atomic E-state index is -0.643. The molecule has 1 saturated carbocycles. The predicted octanol–water partition coefficient (Wildman–Crippen LogP) is 6.40. The van der Waals surface area contributed by atoms with E-state index in [-0.39, 0.29) is 34.6 Å². The van der Waals surface area contributed by atoms with Crippen LogP contribution in [0.4, 0.5) is 25.7 Å². The van der Waals surface area contributed by atoms with Gasteiger partial charge in [0.15, 0.2) is 5.13 Å². The van der Waals surface area contributed by atoms with Gasteiger partial charge in [-0.1, -0.05) is 29.0 Å². The summed E-state index contributed by atoms with van der Waals surface area (Å²) in [6, 6.07) is 15.9. The number of benzene rings is 3. The van der Waals surface area contributed by atoms with Crippen LogP contribution in [0.25, 0.3) is 10.2 Å². The Labute approximate surface area is 209 Å². The SMILES string of the molecule is Cc1ccc(NC(=O)Nc2cc(Oc3ccc4nc(NC(=O)C5CC5)sc4c3C#N)ccc2F)cc1. The maximum Gasteiger partial charge on any atom is 0.323 e. The second kappa shape index (κ2) is 9.64. The summed E-state index contributed by atoms with van der Waals surface area (Å²) in [5, 5.41) is 18.1. The number of aromatic nitrogens is 1. The number of fused-ring (bicyclic) bond motifs is 1. The number of nitrogens with one attached hydrogen (secondary N) is 3. The first-order valence-corrected chi connectivity index (χ1v) is 12.0. The lowest BCUT2D eigenvalue weighted by Crippen LogP contribution is -2.20. The topological polar surface area (TPSA) is 116 Å². The van der Waals surface area contributed by atoms with Gasteiger partial charge in [-0.3, -0.25) is 4.79 Å². The third-order valence-electron chi connectivity index (χ3n) is 5.53. The second-order valence-electron chi connectivity index (χ2n) is 8.37. The summed E-state index contributed by atoms with van der Waals surface area (Å²) in [4.78, 5) is 28.8. The number of urea groups is 1. The van der Waals surface area contributed by atoms with E-state index < -0.39 is 11.8 Å². The summed E-state index contributed by atoms with van der Waals surface area (Å²) >= 11 is 1.19. The fourth-order valence-electron chi connectivity index (χ4n) is 3.48. The maximum atomic E-state index is 14.4. The van der Waals surface area contributed by atoms with Crippen molar-refractivity contribution >= 4 is 50.0 Å². The van der Waals surface area contributed by atoms with E-state index in [1.165, 1.54) is 29.5 Å². The van der Waals surface area contributed by atoms with E-state index in [0.29, 0.717) is 21.0 Å². The number of ether oxygens (including phenoxy) is 1. The van der Waals surface area contributed by atoms with Gasteiger partial charge in [0.05, 0.1) is 15.9 Å². The predicted molar refractivity (Wildman–Crippen MR) is 136 cm³/mol. The smallest absolute Gasteiger partial charge is 0.323 e. The zero-order valence-electron chi connectivity index (χ0n) is 19.1. The van der Waals surface area contributed by atoms with Gasteiger partial charge in [0.25, 0.3) is 0 Å². The Morgan fingerprint density at radius 2 is 1.86 bits per heavy atom.